The van der Waals surface area contributed by atoms with Crippen LogP contribution in [0, 0.1) is 5.82 Å². The number of nitrogens with one attached hydrogen (secondary N) is 1. The van der Waals surface area contributed by atoms with Gasteiger partial charge in [-0.2, -0.15) is 13.2 Å². The van der Waals surface area contributed by atoms with Gasteiger partial charge in [0.2, 0.25) is 5.91 Å². The molecule has 0 spiro atoms. The fraction of sp³-hybridized carbons (Fsp3) is 0.182. The van der Waals surface area contributed by atoms with Crippen molar-refractivity contribution in [1.29, 1.82) is 0 Å². The molecule has 5 nitrogen and oxygen atoms in total. The predicted octanol–water partition coefficient (Wildman–Crippen LogP) is 4.38. The summed E-state index contributed by atoms with van der Waals surface area (Å²) >= 11 is 0. The summed E-state index contributed by atoms with van der Waals surface area (Å²) in [5.41, 5.74) is 5.19. The second-order valence-corrected chi connectivity index (χ2v) is 7.26. The lowest BCUT2D eigenvalue weighted by atomic mass is 9.93. The molecule has 0 atom stereocenters. The van der Waals surface area contributed by atoms with Gasteiger partial charge in [0, 0.05) is 34.9 Å². The van der Waals surface area contributed by atoms with E-state index < -0.39 is 23.5 Å². The molecule has 3 aromatic rings. The Hall–Kier alpha value is -3.62. The van der Waals surface area contributed by atoms with Crippen molar-refractivity contribution < 1.29 is 27.2 Å². The van der Waals surface area contributed by atoms with Crippen molar-refractivity contribution in [2.45, 2.75) is 12.6 Å². The largest absolute Gasteiger partial charge is 0.416 e. The van der Waals surface area contributed by atoms with Crippen molar-refractivity contribution in [3.8, 4) is 0 Å². The van der Waals surface area contributed by atoms with E-state index in [1.54, 1.807) is 6.08 Å². The van der Waals surface area contributed by atoms with E-state index in [-0.39, 0.29) is 40.0 Å². The molecule has 1 aliphatic heterocycles. The number of amides is 2. The van der Waals surface area contributed by atoms with Crippen molar-refractivity contribution in [1.82, 2.24) is 9.88 Å². The maximum absolute atomic E-state index is 15.2. The van der Waals surface area contributed by atoms with E-state index in [4.69, 9.17) is 5.73 Å². The van der Waals surface area contributed by atoms with E-state index >= 15 is 4.39 Å². The molecule has 31 heavy (non-hydrogen) atoms. The number of primary amides is 1. The average Bonchev–Trinajstić information content (AvgIpc) is 3.10. The quantitative estimate of drug-likeness (QED) is 0.477. The van der Waals surface area contributed by atoms with Gasteiger partial charge in [-0.1, -0.05) is 18.7 Å². The van der Waals surface area contributed by atoms with Crippen LogP contribution in [0.2, 0.25) is 0 Å². The van der Waals surface area contributed by atoms with Gasteiger partial charge in [-0.15, -0.1) is 0 Å². The first-order valence-electron chi connectivity index (χ1n) is 9.37. The van der Waals surface area contributed by atoms with Gasteiger partial charge in [-0.25, -0.2) is 4.39 Å². The summed E-state index contributed by atoms with van der Waals surface area (Å²) in [4.78, 5) is 28.3. The Bertz CT molecular complexity index is 1290. The number of aromatic nitrogens is 1. The van der Waals surface area contributed by atoms with Crippen LogP contribution in [-0.4, -0.2) is 34.8 Å². The number of hydrogen-bond acceptors (Lipinski definition) is 2. The van der Waals surface area contributed by atoms with Crippen LogP contribution in [-0.2, 0) is 11.0 Å². The molecule has 0 bridgehead atoms. The number of nitrogens with two attached hydrogens (primary N) is 1. The third kappa shape index (κ3) is 3.45. The minimum Gasteiger partial charge on any atom is -0.366 e. The molecular weight excluding hydrogens is 414 g/mol. The highest BCUT2D eigenvalue weighted by atomic mass is 19.4. The predicted molar refractivity (Wildman–Crippen MR) is 109 cm³/mol. The smallest absolute Gasteiger partial charge is 0.366 e. The third-order valence-corrected chi connectivity index (χ3v) is 5.38. The Kier molecular flexibility index (Phi) is 4.83. The molecule has 0 saturated carbocycles. The van der Waals surface area contributed by atoms with Crippen molar-refractivity contribution in [2.75, 3.05) is 13.1 Å². The summed E-state index contributed by atoms with van der Waals surface area (Å²) in [6.45, 7) is 3.99. The number of halogens is 4. The Labute approximate surface area is 173 Å². The summed E-state index contributed by atoms with van der Waals surface area (Å²) < 4.78 is 54.7. The average molecular weight is 431 g/mol. The van der Waals surface area contributed by atoms with Gasteiger partial charge in [0.05, 0.1) is 16.6 Å². The highest BCUT2D eigenvalue weighted by Crippen LogP contribution is 2.39. The molecule has 2 aromatic carbocycles. The molecule has 4 rings (SSSR count). The Morgan fingerprint density at radius 3 is 2.61 bits per heavy atom. The van der Waals surface area contributed by atoms with Crippen molar-refractivity contribution in [3.05, 3.63) is 65.5 Å². The van der Waals surface area contributed by atoms with Crippen LogP contribution in [0.15, 0.2) is 43.0 Å². The fourth-order valence-electron chi connectivity index (χ4n) is 3.98. The second kappa shape index (κ2) is 7.26. The van der Waals surface area contributed by atoms with Gasteiger partial charge in [-0.05, 0) is 36.3 Å². The first-order chi connectivity index (χ1) is 14.6. The first-order valence-corrected chi connectivity index (χ1v) is 9.37. The molecule has 0 aliphatic carbocycles. The van der Waals surface area contributed by atoms with Crippen molar-refractivity contribution in [3.63, 3.8) is 0 Å². The number of benzene rings is 2. The zero-order chi connectivity index (χ0) is 22.5. The SMILES string of the molecule is C=CC(=O)N1CCC=C(c2c(F)cc(C(N)=O)c3[nH]c4cc(C(F)(F)F)ccc4c23)C1. The molecule has 1 aromatic heterocycles. The van der Waals surface area contributed by atoms with Gasteiger partial charge in [0.15, 0.2) is 0 Å². The Morgan fingerprint density at radius 2 is 1.97 bits per heavy atom. The number of aromatic amines is 1. The van der Waals surface area contributed by atoms with E-state index in [0.717, 1.165) is 24.3 Å². The Morgan fingerprint density at radius 1 is 1.23 bits per heavy atom. The minimum absolute atomic E-state index is 0.0922. The monoisotopic (exact) mass is 431 g/mol. The van der Waals surface area contributed by atoms with Gasteiger partial charge in [0.25, 0.3) is 5.91 Å². The summed E-state index contributed by atoms with van der Waals surface area (Å²) in [5, 5.41) is 0.560. The number of carbonyl (C=O) groups is 2. The molecule has 160 valence electrons. The van der Waals surface area contributed by atoms with Crippen LogP contribution in [0.25, 0.3) is 27.4 Å². The molecule has 0 radical (unpaired) electrons. The molecule has 3 N–H and O–H groups in total. The van der Waals surface area contributed by atoms with Crippen LogP contribution < -0.4 is 5.73 Å². The molecule has 9 heteroatoms. The van der Waals surface area contributed by atoms with Crippen LogP contribution in [0.4, 0.5) is 17.6 Å². The van der Waals surface area contributed by atoms with E-state index in [9.17, 15) is 22.8 Å². The minimum atomic E-state index is -4.57. The van der Waals surface area contributed by atoms with Gasteiger partial charge < -0.3 is 15.6 Å². The first kappa shape index (κ1) is 20.6. The third-order valence-electron chi connectivity index (χ3n) is 5.38. The lowest BCUT2D eigenvalue weighted by Gasteiger charge is -2.27. The van der Waals surface area contributed by atoms with Crippen molar-refractivity contribution in [2.24, 2.45) is 5.73 Å². The topological polar surface area (TPSA) is 79.2 Å². The fourth-order valence-corrected chi connectivity index (χ4v) is 3.98. The summed E-state index contributed by atoms with van der Waals surface area (Å²) in [6.07, 6.45) is -1.16. The number of H-pyrrole nitrogens is 1. The number of hydrogen-bond donors (Lipinski definition) is 2. The summed E-state index contributed by atoms with van der Waals surface area (Å²) in [7, 11) is 0. The molecule has 0 unspecified atom stereocenters. The molecule has 2 heterocycles. The van der Waals surface area contributed by atoms with Crippen LogP contribution in [0.1, 0.15) is 27.9 Å². The zero-order valence-electron chi connectivity index (χ0n) is 16.1. The highest BCUT2D eigenvalue weighted by molar-refractivity contribution is 6.18. The van der Waals surface area contributed by atoms with E-state index in [1.807, 2.05) is 0 Å². The van der Waals surface area contributed by atoms with E-state index in [0.29, 0.717) is 23.9 Å². The number of rotatable bonds is 3. The standard InChI is InChI=1S/C22H17F4N3O2/c1-2-17(30)29-7-3-4-11(10-29)18-15(23)9-14(21(27)31)20-19(18)13-6-5-12(22(24,25)26)8-16(13)28-20/h2,4-6,8-9,28H,1,3,7,10H2,(H2,27,31). The number of carbonyl (C=O) groups excluding carboxylic acids is 2. The van der Waals surface area contributed by atoms with Gasteiger partial charge in [0.1, 0.15) is 5.82 Å². The van der Waals surface area contributed by atoms with Crippen LogP contribution in [0.5, 0.6) is 0 Å². The maximum atomic E-state index is 15.2. The highest BCUT2D eigenvalue weighted by Gasteiger charge is 2.31. The van der Waals surface area contributed by atoms with Crippen LogP contribution in [0.3, 0.4) is 0 Å². The number of nitrogens with zero attached hydrogens (tertiary/aromatic N) is 1. The molecule has 2 amide bonds. The van der Waals surface area contributed by atoms with Gasteiger partial charge in [-0.3, -0.25) is 9.59 Å². The summed E-state index contributed by atoms with van der Waals surface area (Å²) in [5.74, 6) is -1.98. The zero-order valence-corrected chi connectivity index (χ0v) is 16.1. The summed E-state index contributed by atoms with van der Waals surface area (Å²) in [6, 6.07) is 4.01. The molecular formula is C22H17F4N3O2. The normalized spacial score (nSPS) is 14.7. The second-order valence-electron chi connectivity index (χ2n) is 7.26. The molecule has 1 aliphatic rings. The molecule has 0 saturated heterocycles. The lowest BCUT2D eigenvalue weighted by molar-refractivity contribution is -0.137. The van der Waals surface area contributed by atoms with Crippen molar-refractivity contribution >= 4 is 39.2 Å². The van der Waals surface area contributed by atoms with E-state index in [2.05, 4.69) is 11.6 Å². The lowest BCUT2D eigenvalue weighted by Crippen LogP contribution is -2.34. The number of alkyl halides is 3. The van der Waals surface area contributed by atoms with Gasteiger partial charge >= 0.3 is 6.18 Å². The number of fused-ring (bicyclic) bond motifs is 3. The molecule has 0 fully saturated rings. The van der Waals surface area contributed by atoms with E-state index in [1.165, 1.54) is 11.0 Å². The Balaban J connectivity index is 2.01. The maximum Gasteiger partial charge on any atom is 0.416 e. The van der Waals surface area contributed by atoms with Crippen LogP contribution >= 0.6 is 0 Å².